The van der Waals surface area contributed by atoms with E-state index in [1.807, 2.05) is 0 Å². The van der Waals surface area contributed by atoms with Crippen molar-refractivity contribution in [1.29, 1.82) is 0 Å². The Labute approximate surface area is 115 Å². The third-order valence-corrected chi connectivity index (χ3v) is 3.40. The molecule has 1 heterocycles. The van der Waals surface area contributed by atoms with Crippen LogP contribution in [-0.2, 0) is 23.8 Å². The average Bonchev–Trinajstić information content (AvgIpc) is 3.14. The minimum atomic E-state index is -2.02. The van der Waals surface area contributed by atoms with Crippen LogP contribution >= 0.6 is 0 Å². The molecular weight excluding hydrogens is 264 g/mol. The summed E-state index contributed by atoms with van der Waals surface area (Å²) >= 11 is 0. The van der Waals surface area contributed by atoms with Crippen LogP contribution in [0.2, 0.25) is 0 Å². The Morgan fingerprint density at radius 2 is 1.50 bits per heavy atom. The van der Waals surface area contributed by atoms with Gasteiger partial charge in [-0.1, -0.05) is 30.3 Å². The van der Waals surface area contributed by atoms with Gasteiger partial charge in [0.15, 0.2) is 11.4 Å². The lowest BCUT2D eigenvalue weighted by Crippen LogP contribution is -2.45. The number of rotatable bonds is 4. The topological polar surface area (TPSA) is 82.2 Å². The van der Waals surface area contributed by atoms with E-state index in [1.54, 1.807) is 30.3 Å². The molecule has 0 aromatic heterocycles. The molecule has 1 unspecified atom stereocenters. The van der Waals surface area contributed by atoms with Crippen LogP contribution in [0.5, 0.6) is 0 Å². The minimum absolute atomic E-state index is 0.338. The first kappa shape index (κ1) is 14.2. The van der Waals surface area contributed by atoms with Crippen LogP contribution in [-0.4, -0.2) is 43.1 Å². The number of methoxy groups -OCH3 is 2. The van der Waals surface area contributed by atoms with Gasteiger partial charge in [-0.05, 0) is 6.92 Å². The molecule has 1 aromatic carbocycles. The molecule has 1 atom stereocenters. The predicted octanol–water partition coefficient (Wildman–Crippen LogP) is 0.743. The van der Waals surface area contributed by atoms with E-state index >= 15 is 0 Å². The number of hydrogen-bond donors (Lipinski definition) is 0. The van der Waals surface area contributed by atoms with Crippen LogP contribution in [0, 0.1) is 0 Å². The first-order valence-corrected chi connectivity index (χ1v) is 5.91. The highest BCUT2D eigenvalue weighted by Gasteiger charge is 2.82. The van der Waals surface area contributed by atoms with E-state index < -0.39 is 28.9 Å². The summed E-state index contributed by atoms with van der Waals surface area (Å²) < 4.78 is 14.3. The fourth-order valence-electron chi connectivity index (χ4n) is 2.20. The third kappa shape index (κ3) is 1.72. The molecule has 1 saturated heterocycles. The Morgan fingerprint density at radius 1 is 1.00 bits per heavy atom. The van der Waals surface area contributed by atoms with Gasteiger partial charge >= 0.3 is 11.9 Å². The Bertz CT molecular complexity index is 548. The number of ketones is 1. The highest BCUT2D eigenvalue weighted by atomic mass is 16.7. The molecule has 0 saturated carbocycles. The Hall–Kier alpha value is -2.21. The van der Waals surface area contributed by atoms with E-state index in [4.69, 9.17) is 4.74 Å². The van der Waals surface area contributed by atoms with Crippen molar-refractivity contribution < 1.29 is 28.6 Å². The summed E-state index contributed by atoms with van der Waals surface area (Å²) in [6, 6.07) is 8.26. The van der Waals surface area contributed by atoms with Crippen LogP contribution in [0.25, 0.3) is 0 Å². The van der Waals surface area contributed by atoms with E-state index in [0.29, 0.717) is 5.56 Å². The minimum Gasteiger partial charge on any atom is -0.466 e. The average molecular weight is 278 g/mol. The van der Waals surface area contributed by atoms with Gasteiger partial charge in [0.25, 0.3) is 5.60 Å². The van der Waals surface area contributed by atoms with Gasteiger partial charge in [0, 0.05) is 5.56 Å². The van der Waals surface area contributed by atoms with Gasteiger partial charge in [-0.3, -0.25) is 4.79 Å². The zero-order valence-electron chi connectivity index (χ0n) is 11.3. The first-order valence-electron chi connectivity index (χ1n) is 5.91. The van der Waals surface area contributed by atoms with Crippen molar-refractivity contribution >= 4 is 17.7 Å². The van der Waals surface area contributed by atoms with Gasteiger partial charge in [0.1, 0.15) is 0 Å². The molecule has 6 nitrogen and oxygen atoms in total. The summed E-state index contributed by atoms with van der Waals surface area (Å²) in [7, 11) is 2.23. The molecule has 20 heavy (non-hydrogen) atoms. The van der Waals surface area contributed by atoms with E-state index in [0.717, 1.165) is 14.2 Å². The second-order valence-corrected chi connectivity index (χ2v) is 4.49. The predicted molar refractivity (Wildman–Crippen MR) is 67.0 cm³/mol. The van der Waals surface area contributed by atoms with Crippen molar-refractivity contribution in [1.82, 2.24) is 0 Å². The molecule has 2 rings (SSSR count). The SMILES string of the molecule is COC(=O)C1(C(=O)OC)OC1(C)C(=O)c1ccccc1. The molecule has 106 valence electrons. The molecule has 0 amide bonds. The van der Waals surface area contributed by atoms with Gasteiger partial charge in [-0.2, -0.15) is 0 Å². The van der Waals surface area contributed by atoms with Gasteiger partial charge in [0.05, 0.1) is 14.2 Å². The van der Waals surface area contributed by atoms with E-state index in [-0.39, 0.29) is 0 Å². The van der Waals surface area contributed by atoms with Gasteiger partial charge < -0.3 is 14.2 Å². The molecule has 0 spiro atoms. The first-order chi connectivity index (χ1) is 9.44. The number of hydrogen-bond acceptors (Lipinski definition) is 6. The van der Waals surface area contributed by atoms with Gasteiger partial charge in [0.2, 0.25) is 0 Å². The standard InChI is InChI=1S/C14H14O6/c1-13(10(15)9-7-5-4-6-8-9)14(20-13,11(16)18-2)12(17)19-3/h4-8H,1-3H3. The molecule has 1 aliphatic rings. The molecule has 1 fully saturated rings. The van der Waals surface area contributed by atoms with E-state index in [2.05, 4.69) is 9.47 Å². The number of Topliss-reactive ketones (excluding diaryl/α,β-unsaturated/α-hetero) is 1. The van der Waals surface area contributed by atoms with Gasteiger partial charge in [-0.15, -0.1) is 0 Å². The van der Waals surface area contributed by atoms with Crippen molar-refractivity contribution in [3.63, 3.8) is 0 Å². The summed E-state index contributed by atoms with van der Waals surface area (Å²) in [5, 5.41) is 0. The summed E-state index contributed by atoms with van der Waals surface area (Å²) in [4.78, 5) is 36.1. The van der Waals surface area contributed by atoms with Crippen molar-refractivity contribution in [2.45, 2.75) is 18.1 Å². The maximum absolute atomic E-state index is 12.4. The fourth-order valence-corrected chi connectivity index (χ4v) is 2.20. The zero-order valence-corrected chi connectivity index (χ0v) is 11.3. The van der Waals surface area contributed by atoms with Crippen LogP contribution in [0.4, 0.5) is 0 Å². The molecular formula is C14H14O6. The van der Waals surface area contributed by atoms with Crippen LogP contribution in [0.3, 0.4) is 0 Å². The molecule has 0 aliphatic carbocycles. The second kappa shape index (κ2) is 4.72. The number of epoxide rings is 1. The van der Waals surface area contributed by atoms with Crippen LogP contribution in [0.1, 0.15) is 17.3 Å². The maximum Gasteiger partial charge on any atom is 0.353 e. The third-order valence-electron chi connectivity index (χ3n) is 3.40. The summed E-state index contributed by atoms with van der Waals surface area (Å²) in [6.45, 7) is 1.37. The van der Waals surface area contributed by atoms with Crippen molar-refractivity contribution in [2.24, 2.45) is 0 Å². The Kier molecular flexibility index (Phi) is 3.35. The lowest BCUT2D eigenvalue weighted by molar-refractivity contribution is -0.160. The Morgan fingerprint density at radius 3 is 1.95 bits per heavy atom. The summed E-state index contributed by atoms with van der Waals surface area (Å²) in [5.74, 6) is -2.37. The molecule has 0 N–H and O–H groups in total. The highest BCUT2D eigenvalue weighted by molar-refractivity contribution is 6.19. The monoisotopic (exact) mass is 278 g/mol. The lowest BCUT2D eigenvalue weighted by Gasteiger charge is -2.12. The molecule has 1 aromatic rings. The molecule has 1 aliphatic heterocycles. The number of carbonyl (C=O) groups is 3. The summed E-state index contributed by atoms with van der Waals surface area (Å²) in [5.41, 5.74) is -3.30. The largest absolute Gasteiger partial charge is 0.466 e. The van der Waals surface area contributed by atoms with E-state index in [9.17, 15) is 14.4 Å². The number of carbonyl (C=O) groups excluding carboxylic acids is 3. The van der Waals surface area contributed by atoms with Crippen molar-refractivity contribution in [3.8, 4) is 0 Å². The molecule has 6 heteroatoms. The second-order valence-electron chi connectivity index (χ2n) is 4.49. The van der Waals surface area contributed by atoms with E-state index in [1.165, 1.54) is 6.92 Å². The number of esters is 2. The lowest BCUT2D eigenvalue weighted by atomic mass is 9.87. The molecule has 0 bridgehead atoms. The van der Waals surface area contributed by atoms with Crippen molar-refractivity contribution in [3.05, 3.63) is 35.9 Å². The van der Waals surface area contributed by atoms with Crippen LogP contribution < -0.4 is 0 Å². The fraction of sp³-hybridized carbons (Fsp3) is 0.357. The zero-order chi connectivity index (χ0) is 15.0. The van der Waals surface area contributed by atoms with Crippen LogP contribution in [0.15, 0.2) is 30.3 Å². The Balaban J connectivity index is 2.40. The number of benzene rings is 1. The maximum atomic E-state index is 12.4. The smallest absolute Gasteiger partial charge is 0.353 e. The van der Waals surface area contributed by atoms with Gasteiger partial charge in [-0.25, -0.2) is 9.59 Å². The highest BCUT2D eigenvalue weighted by Crippen LogP contribution is 2.51. The number of ether oxygens (including phenoxy) is 3. The normalized spacial score (nSPS) is 22.8. The quantitative estimate of drug-likeness (QED) is 0.350. The summed E-state index contributed by atoms with van der Waals surface area (Å²) in [6.07, 6.45) is 0. The molecule has 0 radical (unpaired) electrons. The van der Waals surface area contributed by atoms with Crippen molar-refractivity contribution in [2.75, 3.05) is 14.2 Å².